The van der Waals surface area contributed by atoms with Gasteiger partial charge in [0.1, 0.15) is 11.6 Å². The van der Waals surface area contributed by atoms with Gasteiger partial charge >= 0.3 is 11.8 Å². The quantitative estimate of drug-likeness (QED) is 0.351. The van der Waals surface area contributed by atoms with E-state index in [9.17, 15) is 19.1 Å². The van der Waals surface area contributed by atoms with Crippen LogP contribution in [0, 0.1) is 19.7 Å². The molecule has 5 aromatic rings. The minimum atomic E-state index is -1.05. The number of rotatable bonds is 3. The third kappa shape index (κ3) is 3.68. The van der Waals surface area contributed by atoms with Crippen LogP contribution in [0.25, 0.3) is 28.1 Å². The topological polar surface area (TPSA) is 103 Å². The molecule has 1 amide bonds. The molecule has 39 heavy (non-hydrogen) atoms. The van der Waals surface area contributed by atoms with E-state index in [1.165, 1.54) is 14.0 Å². The van der Waals surface area contributed by atoms with Crippen LogP contribution in [0.5, 0.6) is 0 Å². The SMILES string of the molecule is Cc1cc(-n2nc3c(c2-n2ccn(-c4ccc5c(cnn5C)c4Cl)c2=O)[C@H](C)N(C(=O)O)CC3)cc(C)c1F. The van der Waals surface area contributed by atoms with Gasteiger partial charge in [0.15, 0.2) is 0 Å². The summed E-state index contributed by atoms with van der Waals surface area (Å²) in [7, 11) is 1.81. The van der Waals surface area contributed by atoms with E-state index in [1.807, 2.05) is 13.1 Å². The number of nitrogens with zero attached hydrogens (tertiary/aromatic N) is 7. The molecular formula is C27H25ClFN7O3. The van der Waals surface area contributed by atoms with Crippen LogP contribution in [-0.2, 0) is 13.5 Å². The van der Waals surface area contributed by atoms with E-state index in [-0.39, 0.29) is 12.4 Å². The smallest absolute Gasteiger partial charge is 0.407 e. The average Bonchev–Trinajstić information content (AvgIpc) is 3.58. The molecule has 0 fully saturated rings. The first-order chi connectivity index (χ1) is 18.6. The summed E-state index contributed by atoms with van der Waals surface area (Å²) in [5.74, 6) is 0.0857. The highest BCUT2D eigenvalue weighted by molar-refractivity contribution is 6.37. The summed E-state index contributed by atoms with van der Waals surface area (Å²) in [5, 5.41) is 20.0. The van der Waals surface area contributed by atoms with Crippen LogP contribution < -0.4 is 5.69 Å². The number of hydrogen-bond donors (Lipinski definition) is 1. The summed E-state index contributed by atoms with van der Waals surface area (Å²) >= 11 is 6.72. The Morgan fingerprint density at radius 2 is 1.85 bits per heavy atom. The second-order valence-electron chi connectivity index (χ2n) is 9.81. The molecule has 0 aliphatic carbocycles. The Bertz CT molecular complexity index is 1840. The minimum Gasteiger partial charge on any atom is -0.465 e. The number of aryl methyl sites for hydroxylation is 3. The summed E-state index contributed by atoms with van der Waals surface area (Å²) in [6, 6.07) is 6.37. The van der Waals surface area contributed by atoms with Crippen LogP contribution in [0.3, 0.4) is 0 Å². The maximum Gasteiger partial charge on any atom is 0.407 e. The van der Waals surface area contributed by atoms with Crippen LogP contribution in [0.4, 0.5) is 9.18 Å². The summed E-state index contributed by atoms with van der Waals surface area (Å²) in [6.07, 6.45) is 4.19. The lowest BCUT2D eigenvalue weighted by Crippen LogP contribution is -2.38. The van der Waals surface area contributed by atoms with Gasteiger partial charge in [0, 0.05) is 43.4 Å². The minimum absolute atomic E-state index is 0.276. The molecule has 0 unspecified atom stereocenters. The molecule has 0 saturated carbocycles. The largest absolute Gasteiger partial charge is 0.465 e. The summed E-state index contributed by atoms with van der Waals surface area (Å²) < 4.78 is 20.7. The number of fused-ring (bicyclic) bond motifs is 2. The van der Waals surface area contributed by atoms with Crippen LogP contribution in [0.1, 0.15) is 35.3 Å². The van der Waals surface area contributed by atoms with E-state index in [4.69, 9.17) is 16.7 Å². The maximum atomic E-state index is 14.5. The lowest BCUT2D eigenvalue weighted by Gasteiger charge is -2.31. The number of benzene rings is 2. The highest BCUT2D eigenvalue weighted by atomic mass is 35.5. The zero-order chi connectivity index (χ0) is 27.7. The van der Waals surface area contributed by atoms with E-state index in [0.29, 0.717) is 56.4 Å². The van der Waals surface area contributed by atoms with Gasteiger partial charge in [-0.15, -0.1) is 0 Å². The lowest BCUT2D eigenvalue weighted by molar-refractivity contribution is 0.124. The fourth-order valence-electron chi connectivity index (χ4n) is 5.46. The molecule has 1 atom stereocenters. The van der Waals surface area contributed by atoms with Crippen molar-refractivity contribution < 1.29 is 14.3 Å². The Morgan fingerprint density at radius 3 is 2.54 bits per heavy atom. The van der Waals surface area contributed by atoms with Gasteiger partial charge in [0.05, 0.1) is 39.8 Å². The predicted octanol–water partition coefficient (Wildman–Crippen LogP) is 4.71. The monoisotopic (exact) mass is 549 g/mol. The highest BCUT2D eigenvalue weighted by Crippen LogP contribution is 2.36. The van der Waals surface area contributed by atoms with Gasteiger partial charge in [-0.3, -0.25) is 13.8 Å². The first-order valence-corrected chi connectivity index (χ1v) is 12.8. The second kappa shape index (κ2) is 8.84. The van der Waals surface area contributed by atoms with Crippen molar-refractivity contribution in [3.63, 3.8) is 0 Å². The van der Waals surface area contributed by atoms with Gasteiger partial charge in [0.25, 0.3) is 0 Å². The molecule has 0 spiro atoms. The van der Waals surface area contributed by atoms with Crippen molar-refractivity contribution in [2.45, 2.75) is 33.2 Å². The molecule has 10 nitrogen and oxygen atoms in total. The Balaban J connectivity index is 1.60. The molecule has 1 N–H and O–H groups in total. The number of carboxylic acid groups (broad SMARTS) is 1. The molecule has 0 bridgehead atoms. The average molecular weight is 550 g/mol. The molecule has 1 aliphatic rings. The Morgan fingerprint density at radius 1 is 1.15 bits per heavy atom. The van der Waals surface area contributed by atoms with Crippen LogP contribution in [0.15, 0.2) is 47.7 Å². The molecule has 2 aromatic carbocycles. The third-order valence-electron chi connectivity index (χ3n) is 7.47. The van der Waals surface area contributed by atoms with E-state index in [2.05, 4.69) is 5.10 Å². The molecule has 3 aromatic heterocycles. The molecule has 12 heteroatoms. The Hall–Kier alpha value is -4.38. The number of imidazole rings is 1. The van der Waals surface area contributed by atoms with Gasteiger partial charge in [-0.05, 0) is 56.2 Å². The number of amides is 1. The van der Waals surface area contributed by atoms with Crippen LogP contribution in [-0.4, -0.2) is 51.3 Å². The van der Waals surface area contributed by atoms with Crippen molar-refractivity contribution in [1.82, 2.24) is 33.6 Å². The van der Waals surface area contributed by atoms with Gasteiger partial charge in [-0.25, -0.2) is 18.7 Å². The fourth-order valence-corrected chi connectivity index (χ4v) is 5.76. The van der Waals surface area contributed by atoms with Crippen molar-refractivity contribution in [3.05, 3.63) is 86.6 Å². The van der Waals surface area contributed by atoms with E-state index >= 15 is 0 Å². The molecule has 4 heterocycles. The number of carbonyl (C=O) groups is 1. The molecule has 0 saturated heterocycles. The number of aromatic nitrogens is 6. The predicted molar refractivity (Wildman–Crippen MR) is 144 cm³/mol. The summed E-state index contributed by atoms with van der Waals surface area (Å²) in [5.41, 5.74) is 3.64. The highest BCUT2D eigenvalue weighted by Gasteiger charge is 2.35. The lowest BCUT2D eigenvalue weighted by atomic mass is 10.00. The molecule has 200 valence electrons. The zero-order valence-corrected chi connectivity index (χ0v) is 22.4. The van der Waals surface area contributed by atoms with E-state index in [1.54, 1.807) is 66.9 Å². The number of halogens is 2. The summed E-state index contributed by atoms with van der Waals surface area (Å²) in [4.78, 5) is 27.3. The molecule has 0 radical (unpaired) electrons. The molecular weight excluding hydrogens is 525 g/mol. The van der Waals surface area contributed by atoms with Crippen LogP contribution >= 0.6 is 11.6 Å². The first kappa shape index (κ1) is 24.9. The van der Waals surface area contributed by atoms with Crippen molar-refractivity contribution in [3.8, 4) is 17.2 Å². The Kier molecular flexibility index (Phi) is 5.65. The van der Waals surface area contributed by atoms with Crippen LogP contribution in [0.2, 0.25) is 5.02 Å². The van der Waals surface area contributed by atoms with Crippen molar-refractivity contribution in [2.75, 3.05) is 6.54 Å². The first-order valence-electron chi connectivity index (χ1n) is 12.4. The van der Waals surface area contributed by atoms with Crippen molar-refractivity contribution in [1.29, 1.82) is 0 Å². The normalized spacial score (nSPS) is 15.2. The Labute approximate surface area is 227 Å². The maximum absolute atomic E-state index is 14.5. The second-order valence-corrected chi connectivity index (χ2v) is 10.2. The van der Waals surface area contributed by atoms with Gasteiger partial charge in [0.2, 0.25) is 0 Å². The van der Waals surface area contributed by atoms with Crippen molar-refractivity contribution in [2.24, 2.45) is 7.05 Å². The van der Waals surface area contributed by atoms with Gasteiger partial charge in [-0.2, -0.15) is 10.2 Å². The molecule has 6 rings (SSSR count). The standard InChI is InChI=1S/C27H25ClFN7O3/c1-14-11-17(12-15(2)24(14)29)36-25(22-16(3)33(27(38)39)8-7-19(22)31-36)35-10-9-34(26(35)37)21-6-5-20-18(23(21)28)13-30-32(20)4/h5-6,9-13,16H,7-8H2,1-4H3,(H,38,39)/t16-/m0/s1. The fraction of sp³-hybridized carbons (Fsp3) is 0.259. The zero-order valence-electron chi connectivity index (χ0n) is 21.7. The van der Waals surface area contributed by atoms with Gasteiger partial charge in [-0.1, -0.05) is 11.6 Å². The number of hydrogen-bond acceptors (Lipinski definition) is 4. The summed E-state index contributed by atoms with van der Waals surface area (Å²) in [6.45, 7) is 5.39. The van der Waals surface area contributed by atoms with E-state index in [0.717, 1.165) is 5.52 Å². The molecule has 1 aliphatic heterocycles. The van der Waals surface area contributed by atoms with Gasteiger partial charge < -0.3 is 10.0 Å². The third-order valence-corrected chi connectivity index (χ3v) is 7.87. The van der Waals surface area contributed by atoms with E-state index < -0.39 is 17.8 Å². The van der Waals surface area contributed by atoms with Crippen molar-refractivity contribution >= 4 is 28.6 Å².